The van der Waals surface area contributed by atoms with Crippen molar-refractivity contribution in [2.24, 2.45) is 47.3 Å². The van der Waals surface area contributed by atoms with Crippen LogP contribution in [0.1, 0.15) is 59.8 Å². The van der Waals surface area contributed by atoms with Crippen LogP contribution in [0.3, 0.4) is 0 Å². The lowest BCUT2D eigenvalue weighted by Crippen LogP contribution is -2.38. The second-order valence-electron chi connectivity index (χ2n) is 7.95. The van der Waals surface area contributed by atoms with Crippen LogP contribution in [0.2, 0.25) is 0 Å². The second kappa shape index (κ2) is 4.28. The van der Waals surface area contributed by atoms with E-state index in [9.17, 15) is 0 Å². The highest BCUT2D eigenvalue weighted by molar-refractivity contribution is 5.06. The third-order valence-electron chi connectivity index (χ3n) is 6.58. The van der Waals surface area contributed by atoms with Gasteiger partial charge >= 0.3 is 0 Å². The normalized spacial score (nSPS) is 52.4. The Kier molecular flexibility index (Phi) is 3.04. The molecule has 0 bridgehead atoms. The predicted octanol–water partition coefficient (Wildman–Crippen LogP) is 4.99. The summed E-state index contributed by atoms with van der Waals surface area (Å²) in [5, 5.41) is 0. The molecule has 17 heavy (non-hydrogen) atoms. The van der Waals surface area contributed by atoms with Crippen LogP contribution in [-0.4, -0.2) is 0 Å². The lowest BCUT2D eigenvalue weighted by molar-refractivity contribution is 0.0355. The SMILES string of the molecule is CC(C)CCC1CC2CC3CC(C)C(C)C3C12. The Hall–Kier alpha value is 0. The Bertz CT molecular complexity index is 280. The molecular formula is C17H30. The van der Waals surface area contributed by atoms with E-state index in [2.05, 4.69) is 27.7 Å². The topological polar surface area (TPSA) is 0 Å². The monoisotopic (exact) mass is 234 g/mol. The highest BCUT2D eigenvalue weighted by atomic mass is 14.6. The molecule has 3 rings (SSSR count). The van der Waals surface area contributed by atoms with Crippen molar-refractivity contribution in [1.29, 1.82) is 0 Å². The van der Waals surface area contributed by atoms with Crippen molar-refractivity contribution in [3.05, 3.63) is 0 Å². The van der Waals surface area contributed by atoms with E-state index in [4.69, 9.17) is 0 Å². The summed E-state index contributed by atoms with van der Waals surface area (Å²) in [6.07, 6.45) is 7.74. The molecular weight excluding hydrogens is 204 g/mol. The molecule has 0 radical (unpaired) electrons. The van der Waals surface area contributed by atoms with Crippen LogP contribution in [0, 0.1) is 47.3 Å². The van der Waals surface area contributed by atoms with Gasteiger partial charge in [0.1, 0.15) is 0 Å². The van der Waals surface area contributed by atoms with E-state index >= 15 is 0 Å². The molecule has 3 aliphatic rings. The summed E-state index contributed by atoms with van der Waals surface area (Å²) in [6.45, 7) is 9.82. The first-order valence-electron chi connectivity index (χ1n) is 8.08. The Morgan fingerprint density at radius 2 is 1.65 bits per heavy atom. The maximum absolute atomic E-state index is 2.55. The fraction of sp³-hybridized carbons (Fsp3) is 1.00. The van der Waals surface area contributed by atoms with Crippen molar-refractivity contribution in [2.75, 3.05) is 0 Å². The van der Waals surface area contributed by atoms with Gasteiger partial charge in [0.05, 0.1) is 0 Å². The second-order valence-corrected chi connectivity index (χ2v) is 7.95. The van der Waals surface area contributed by atoms with Gasteiger partial charge in [-0.3, -0.25) is 0 Å². The van der Waals surface area contributed by atoms with Gasteiger partial charge in [0, 0.05) is 0 Å². The van der Waals surface area contributed by atoms with Gasteiger partial charge in [0.25, 0.3) is 0 Å². The van der Waals surface area contributed by atoms with Gasteiger partial charge in [-0.15, -0.1) is 0 Å². The zero-order valence-corrected chi connectivity index (χ0v) is 12.2. The summed E-state index contributed by atoms with van der Waals surface area (Å²) < 4.78 is 0. The minimum atomic E-state index is 0.908. The molecule has 0 N–H and O–H groups in total. The average Bonchev–Trinajstić information content (AvgIpc) is 2.64. The molecule has 0 spiro atoms. The zero-order chi connectivity index (χ0) is 12.2. The quantitative estimate of drug-likeness (QED) is 0.645. The Balaban J connectivity index is 1.63. The van der Waals surface area contributed by atoms with Crippen LogP contribution < -0.4 is 0 Å². The summed E-state index contributed by atoms with van der Waals surface area (Å²) in [5.41, 5.74) is 0. The van der Waals surface area contributed by atoms with Crippen molar-refractivity contribution in [3.8, 4) is 0 Å². The number of hydrogen-bond acceptors (Lipinski definition) is 0. The third kappa shape index (κ3) is 1.87. The van der Waals surface area contributed by atoms with Crippen molar-refractivity contribution >= 4 is 0 Å². The first-order chi connectivity index (χ1) is 8.08. The van der Waals surface area contributed by atoms with Gasteiger partial charge in [-0.2, -0.15) is 0 Å². The third-order valence-corrected chi connectivity index (χ3v) is 6.58. The molecule has 0 aromatic rings. The fourth-order valence-corrected chi connectivity index (χ4v) is 5.60. The molecule has 0 saturated heterocycles. The molecule has 0 aromatic heterocycles. The van der Waals surface area contributed by atoms with E-state index in [0.29, 0.717) is 0 Å². The highest BCUT2D eigenvalue weighted by Gasteiger charge is 2.57. The molecule has 0 nitrogen and oxygen atoms in total. The lowest BCUT2D eigenvalue weighted by Gasteiger charge is -2.45. The van der Waals surface area contributed by atoms with Gasteiger partial charge in [0.15, 0.2) is 0 Å². The lowest BCUT2D eigenvalue weighted by atomic mass is 9.60. The molecule has 0 heteroatoms. The summed E-state index contributed by atoms with van der Waals surface area (Å²) in [4.78, 5) is 0. The van der Waals surface area contributed by atoms with Gasteiger partial charge in [-0.1, -0.05) is 34.1 Å². The van der Waals surface area contributed by atoms with Crippen LogP contribution >= 0.6 is 0 Å². The van der Waals surface area contributed by atoms with E-state index in [1.54, 1.807) is 19.3 Å². The largest absolute Gasteiger partial charge is 0.0628 e. The van der Waals surface area contributed by atoms with Crippen LogP contribution in [0.4, 0.5) is 0 Å². The molecule has 3 fully saturated rings. The summed E-state index contributed by atoms with van der Waals surface area (Å²) in [5.74, 6) is 8.61. The van der Waals surface area contributed by atoms with E-state index in [0.717, 1.165) is 47.3 Å². The fourth-order valence-electron chi connectivity index (χ4n) is 5.60. The average molecular weight is 234 g/mol. The number of hydrogen-bond donors (Lipinski definition) is 0. The standard InChI is InChI=1S/C17H30/c1-10(2)5-6-13-8-15-9-14-7-11(3)12(4)16(14)17(13)15/h10-17H,5-9H2,1-4H3. The van der Waals surface area contributed by atoms with Crippen LogP contribution in [-0.2, 0) is 0 Å². The van der Waals surface area contributed by atoms with Crippen molar-refractivity contribution in [3.63, 3.8) is 0 Å². The smallest absolute Gasteiger partial charge is 0.0323 e. The minimum absolute atomic E-state index is 0.908. The minimum Gasteiger partial charge on any atom is -0.0628 e. The van der Waals surface area contributed by atoms with Gasteiger partial charge in [0.2, 0.25) is 0 Å². The summed E-state index contributed by atoms with van der Waals surface area (Å²) in [6, 6.07) is 0. The maximum atomic E-state index is 2.55. The Morgan fingerprint density at radius 3 is 2.35 bits per heavy atom. The molecule has 3 aliphatic carbocycles. The van der Waals surface area contributed by atoms with Gasteiger partial charge < -0.3 is 0 Å². The Labute approximate surface area is 108 Å². The van der Waals surface area contributed by atoms with Crippen LogP contribution in [0.5, 0.6) is 0 Å². The van der Waals surface area contributed by atoms with Crippen LogP contribution in [0.15, 0.2) is 0 Å². The van der Waals surface area contributed by atoms with Crippen molar-refractivity contribution < 1.29 is 0 Å². The summed E-state index contributed by atoms with van der Waals surface area (Å²) in [7, 11) is 0. The van der Waals surface area contributed by atoms with Gasteiger partial charge in [-0.05, 0) is 73.0 Å². The molecule has 3 saturated carbocycles. The molecule has 98 valence electrons. The van der Waals surface area contributed by atoms with Gasteiger partial charge in [-0.25, -0.2) is 0 Å². The van der Waals surface area contributed by atoms with Crippen molar-refractivity contribution in [2.45, 2.75) is 59.8 Å². The molecule has 7 unspecified atom stereocenters. The maximum Gasteiger partial charge on any atom is -0.0323 e. The van der Waals surface area contributed by atoms with E-state index in [1.807, 2.05) is 0 Å². The first-order valence-corrected chi connectivity index (χ1v) is 8.08. The highest BCUT2D eigenvalue weighted by Crippen LogP contribution is 2.65. The molecule has 0 amide bonds. The Morgan fingerprint density at radius 1 is 0.941 bits per heavy atom. The van der Waals surface area contributed by atoms with E-state index in [1.165, 1.54) is 12.8 Å². The van der Waals surface area contributed by atoms with E-state index in [-0.39, 0.29) is 0 Å². The summed E-state index contributed by atoms with van der Waals surface area (Å²) >= 11 is 0. The van der Waals surface area contributed by atoms with Crippen molar-refractivity contribution in [1.82, 2.24) is 0 Å². The van der Waals surface area contributed by atoms with E-state index < -0.39 is 0 Å². The number of fused-ring (bicyclic) bond motifs is 3. The zero-order valence-electron chi connectivity index (χ0n) is 12.2. The predicted molar refractivity (Wildman–Crippen MR) is 73.7 cm³/mol. The number of rotatable bonds is 3. The molecule has 7 atom stereocenters. The van der Waals surface area contributed by atoms with Crippen LogP contribution in [0.25, 0.3) is 0 Å². The molecule has 0 aromatic carbocycles. The molecule has 0 aliphatic heterocycles. The molecule has 0 heterocycles. The first kappa shape index (κ1) is 12.1.